The van der Waals surface area contributed by atoms with E-state index in [1.807, 2.05) is 17.0 Å². The molecule has 1 N–H and O–H groups in total. The van der Waals surface area contributed by atoms with Crippen molar-refractivity contribution in [2.75, 3.05) is 58.9 Å². The molecule has 7 heteroatoms. The Kier molecular flexibility index (Phi) is 6.21. The van der Waals surface area contributed by atoms with Gasteiger partial charge < -0.3 is 10.2 Å². The van der Waals surface area contributed by atoms with Gasteiger partial charge in [-0.05, 0) is 12.1 Å². The van der Waals surface area contributed by atoms with Gasteiger partial charge in [-0.3, -0.25) is 14.6 Å². The highest BCUT2D eigenvalue weighted by Crippen LogP contribution is 2.17. The Labute approximate surface area is 150 Å². The Balaban J connectivity index is 1.44. The van der Waals surface area contributed by atoms with Crippen LogP contribution in [0.4, 0.5) is 4.39 Å². The lowest BCUT2D eigenvalue weighted by molar-refractivity contribution is -0.133. The molecule has 1 aromatic carbocycles. The van der Waals surface area contributed by atoms with Crippen molar-refractivity contribution >= 4 is 21.8 Å². The highest BCUT2D eigenvalue weighted by Gasteiger charge is 2.23. The third kappa shape index (κ3) is 4.75. The molecule has 2 heterocycles. The zero-order valence-corrected chi connectivity index (χ0v) is 15.4. The second kappa shape index (κ2) is 8.38. The summed E-state index contributed by atoms with van der Waals surface area (Å²) < 4.78 is 14.7. The lowest BCUT2D eigenvalue weighted by Crippen LogP contribution is -2.52. The third-order valence-corrected chi connectivity index (χ3v) is 5.20. The predicted octanol–water partition coefficient (Wildman–Crippen LogP) is 1.14. The van der Waals surface area contributed by atoms with Crippen molar-refractivity contribution in [3.8, 4) is 0 Å². The van der Waals surface area contributed by atoms with Crippen LogP contribution in [0.25, 0.3) is 0 Å². The number of benzene rings is 1. The average Bonchev–Trinajstić information content (AvgIpc) is 2.60. The standard InChI is InChI=1S/C17H24BrFN4O/c18-15-2-1-14(16(19)11-15)12-21-7-9-22(10-8-21)13-17(24)23-5-3-20-4-6-23/h1-2,11,20H,3-10,12-13H2. The van der Waals surface area contributed by atoms with Crippen molar-refractivity contribution in [2.24, 2.45) is 0 Å². The van der Waals surface area contributed by atoms with Gasteiger partial charge in [0, 0.05) is 68.9 Å². The van der Waals surface area contributed by atoms with Gasteiger partial charge in [-0.1, -0.05) is 22.0 Å². The molecule has 132 valence electrons. The van der Waals surface area contributed by atoms with Gasteiger partial charge in [-0.15, -0.1) is 0 Å². The summed E-state index contributed by atoms with van der Waals surface area (Å²) in [6.07, 6.45) is 0. The van der Waals surface area contributed by atoms with Gasteiger partial charge in [0.2, 0.25) is 5.91 Å². The first-order valence-corrected chi connectivity index (χ1v) is 9.28. The van der Waals surface area contributed by atoms with Crippen LogP contribution in [0.15, 0.2) is 22.7 Å². The van der Waals surface area contributed by atoms with Crippen LogP contribution in [0.1, 0.15) is 5.56 Å². The van der Waals surface area contributed by atoms with Gasteiger partial charge in [0.05, 0.1) is 6.54 Å². The van der Waals surface area contributed by atoms with Gasteiger partial charge >= 0.3 is 0 Å². The Bertz CT molecular complexity index is 572. The van der Waals surface area contributed by atoms with E-state index < -0.39 is 0 Å². The van der Waals surface area contributed by atoms with Crippen molar-refractivity contribution in [1.82, 2.24) is 20.0 Å². The van der Waals surface area contributed by atoms with Gasteiger partial charge in [-0.25, -0.2) is 4.39 Å². The van der Waals surface area contributed by atoms with Crippen LogP contribution in [-0.4, -0.2) is 79.5 Å². The van der Waals surface area contributed by atoms with Crippen LogP contribution in [-0.2, 0) is 11.3 Å². The summed E-state index contributed by atoms with van der Waals surface area (Å²) in [6, 6.07) is 5.22. The van der Waals surface area contributed by atoms with Crippen LogP contribution in [0.5, 0.6) is 0 Å². The molecule has 0 spiro atoms. The Morgan fingerprint density at radius 1 is 1.08 bits per heavy atom. The van der Waals surface area contributed by atoms with E-state index in [1.54, 1.807) is 0 Å². The minimum absolute atomic E-state index is 0.166. The largest absolute Gasteiger partial charge is 0.339 e. The summed E-state index contributed by atoms with van der Waals surface area (Å²) in [7, 11) is 0. The maximum absolute atomic E-state index is 13.9. The van der Waals surface area contributed by atoms with E-state index in [0.717, 1.165) is 62.4 Å². The lowest BCUT2D eigenvalue weighted by atomic mass is 10.2. The van der Waals surface area contributed by atoms with Gasteiger partial charge in [0.15, 0.2) is 0 Å². The fourth-order valence-corrected chi connectivity index (χ4v) is 3.54. The maximum Gasteiger partial charge on any atom is 0.236 e. The lowest BCUT2D eigenvalue weighted by Gasteiger charge is -2.36. The first-order valence-electron chi connectivity index (χ1n) is 8.49. The summed E-state index contributed by atoms with van der Waals surface area (Å²) >= 11 is 3.28. The third-order valence-electron chi connectivity index (χ3n) is 4.70. The summed E-state index contributed by atoms with van der Waals surface area (Å²) in [4.78, 5) is 18.7. The molecule has 0 bridgehead atoms. The van der Waals surface area contributed by atoms with Crippen molar-refractivity contribution in [3.63, 3.8) is 0 Å². The normalized spacial score (nSPS) is 20.3. The summed E-state index contributed by atoms with van der Waals surface area (Å²) in [5.74, 6) is 0.0598. The van der Waals surface area contributed by atoms with Crippen LogP contribution < -0.4 is 5.32 Å². The summed E-state index contributed by atoms with van der Waals surface area (Å²) in [5, 5.41) is 3.26. The fourth-order valence-electron chi connectivity index (χ4n) is 3.20. The fraction of sp³-hybridized carbons (Fsp3) is 0.588. The minimum Gasteiger partial charge on any atom is -0.339 e. The molecule has 5 nitrogen and oxygen atoms in total. The van der Waals surface area contributed by atoms with Crippen LogP contribution in [0.2, 0.25) is 0 Å². The SMILES string of the molecule is O=C(CN1CCN(Cc2ccc(Br)cc2F)CC1)N1CCNCC1. The molecule has 0 aromatic heterocycles. The van der Waals surface area contributed by atoms with E-state index in [2.05, 4.69) is 31.0 Å². The second-order valence-electron chi connectivity index (χ2n) is 6.42. The average molecular weight is 399 g/mol. The molecule has 3 rings (SSSR count). The number of carbonyl (C=O) groups excluding carboxylic acids is 1. The molecule has 1 aromatic rings. The highest BCUT2D eigenvalue weighted by molar-refractivity contribution is 9.10. The molecule has 1 amide bonds. The summed E-state index contributed by atoms with van der Waals surface area (Å²) in [5.41, 5.74) is 0.726. The van der Waals surface area contributed by atoms with Crippen LogP contribution in [0.3, 0.4) is 0 Å². The number of carbonyl (C=O) groups is 1. The molecule has 2 fully saturated rings. The monoisotopic (exact) mass is 398 g/mol. The van der Waals surface area contributed by atoms with Crippen LogP contribution >= 0.6 is 15.9 Å². The predicted molar refractivity (Wildman–Crippen MR) is 95.3 cm³/mol. The Morgan fingerprint density at radius 3 is 2.42 bits per heavy atom. The number of hydrogen-bond donors (Lipinski definition) is 1. The molecule has 0 radical (unpaired) electrons. The van der Waals surface area contributed by atoms with E-state index >= 15 is 0 Å². The van der Waals surface area contributed by atoms with Gasteiger partial charge in [0.25, 0.3) is 0 Å². The molecule has 0 saturated carbocycles. The van der Waals surface area contributed by atoms with Gasteiger partial charge in [-0.2, -0.15) is 0 Å². The smallest absolute Gasteiger partial charge is 0.236 e. The van der Waals surface area contributed by atoms with E-state index in [-0.39, 0.29) is 11.7 Å². The number of amides is 1. The van der Waals surface area contributed by atoms with E-state index in [9.17, 15) is 9.18 Å². The first kappa shape index (κ1) is 17.8. The van der Waals surface area contributed by atoms with E-state index in [1.165, 1.54) is 6.07 Å². The molecule has 2 saturated heterocycles. The highest BCUT2D eigenvalue weighted by atomic mass is 79.9. The minimum atomic E-state index is -0.166. The summed E-state index contributed by atoms with van der Waals surface area (Å²) in [6.45, 7) is 7.96. The molecule has 0 unspecified atom stereocenters. The number of rotatable bonds is 4. The zero-order chi connectivity index (χ0) is 16.9. The molecular formula is C17H24BrFN4O. The molecular weight excluding hydrogens is 375 g/mol. The van der Waals surface area contributed by atoms with E-state index in [4.69, 9.17) is 0 Å². The van der Waals surface area contributed by atoms with Crippen molar-refractivity contribution in [3.05, 3.63) is 34.1 Å². The Hall–Kier alpha value is -1.02. The second-order valence-corrected chi connectivity index (χ2v) is 7.33. The number of nitrogens with zero attached hydrogens (tertiary/aromatic N) is 3. The number of halogens is 2. The van der Waals surface area contributed by atoms with Crippen molar-refractivity contribution in [1.29, 1.82) is 0 Å². The topological polar surface area (TPSA) is 38.8 Å². The van der Waals surface area contributed by atoms with Crippen molar-refractivity contribution < 1.29 is 9.18 Å². The quantitative estimate of drug-likeness (QED) is 0.825. The van der Waals surface area contributed by atoms with Gasteiger partial charge in [0.1, 0.15) is 5.82 Å². The Morgan fingerprint density at radius 2 is 1.75 bits per heavy atom. The molecule has 2 aliphatic rings. The number of nitrogens with one attached hydrogen (secondary N) is 1. The van der Waals surface area contributed by atoms with E-state index in [0.29, 0.717) is 13.1 Å². The molecule has 0 aliphatic carbocycles. The molecule has 2 aliphatic heterocycles. The van der Waals surface area contributed by atoms with Crippen LogP contribution in [0, 0.1) is 5.82 Å². The number of hydrogen-bond acceptors (Lipinski definition) is 4. The van der Waals surface area contributed by atoms with Crippen molar-refractivity contribution in [2.45, 2.75) is 6.54 Å². The first-order chi connectivity index (χ1) is 11.6. The zero-order valence-electron chi connectivity index (χ0n) is 13.8. The maximum atomic E-state index is 13.9. The number of piperazine rings is 2. The molecule has 0 atom stereocenters. The molecule has 24 heavy (non-hydrogen) atoms.